The molecule has 1 aliphatic heterocycles. The van der Waals surface area contributed by atoms with Gasteiger partial charge in [0.1, 0.15) is 0 Å². The Morgan fingerprint density at radius 3 is 2.19 bits per heavy atom. The highest BCUT2D eigenvalue weighted by molar-refractivity contribution is 6.60. The Labute approximate surface area is 130 Å². The minimum absolute atomic E-state index is 0.331. The highest BCUT2D eigenvalue weighted by Gasteiger charge is 2.40. The van der Waals surface area contributed by atoms with Gasteiger partial charge in [-0.3, -0.25) is 0 Å². The van der Waals surface area contributed by atoms with Gasteiger partial charge in [0, 0.05) is 32.5 Å². The second kappa shape index (κ2) is 10.7. The summed E-state index contributed by atoms with van der Waals surface area (Å²) in [5, 5.41) is 10.2. The number of aliphatic hydroxyl groups excluding tert-OH is 1. The molecular weight excluding hydrogens is 288 g/mol. The van der Waals surface area contributed by atoms with Crippen LogP contribution < -0.4 is 0 Å². The van der Waals surface area contributed by atoms with E-state index in [0.29, 0.717) is 38.4 Å². The van der Waals surface area contributed by atoms with Crippen LogP contribution in [0.2, 0.25) is 6.04 Å². The fraction of sp³-hybridized carbons (Fsp3) is 1.00. The van der Waals surface area contributed by atoms with Crippen molar-refractivity contribution in [1.82, 2.24) is 0 Å². The Kier molecular flexibility index (Phi) is 9.71. The SMILES string of the molecule is CCO[Si](CCC(O)CCC1CCCO1)(OCC)OCC. The minimum atomic E-state index is -2.61. The van der Waals surface area contributed by atoms with Crippen LogP contribution in [0, 0.1) is 0 Å². The predicted molar refractivity (Wildman–Crippen MR) is 84.3 cm³/mol. The first-order valence-corrected chi connectivity index (χ1v) is 10.3. The largest absolute Gasteiger partial charge is 0.501 e. The molecule has 6 heteroatoms. The van der Waals surface area contributed by atoms with E-state index in [-0.39, 0.29) is 6.10 Å². The van der Waals surface area contributed by atoms with Crippen molar-refractivity contribution in [1.29, 1.82) is 0 Å². The van der Waals surface area contributed by atoms with Crippen LogP contribution in [0.15, 0.2) is 0 Å². The van der Waals surface area contributed by atoms with Gasteiger partial charge in [-0.2, -0.15) is 0 Å². The Bertz CT molecular complexity index is 241. The van der Waals surface area contributed by atoms with Crippen LogP contribution in [0.25, 0.3) is 0 Å². The first kappa shape index (κ1) is 19.1. The summed E-state index contributed by atoms with van der Waals surface area (Å²) in [6.07, 6.45) is 4.67. The van der Waals surface area contributed by atoms with Gasteiger partial charge in [0.05, 0.1) is 12.2 Å². The average Bonchev–Trinajstić information content (AvgIpc) is 2.97. The smallest absolute Gasteiger partial charge is 0.393 e. The fourth-order valence-corrected chi connectivity index (χ4v) is 5.43. The molecule has 1 rings (SSSR count). The number of aliphatic hydroxyl groups is 1. The van der Waals surface area contributed by atoms with Crippen molar-refractivity contribution >= 4 is 8.80 Å². The predicted octanol–water partition coefficient (Wildman–Crippen LogP) is 2.75. The zero-order valence-electron chi connectivity index (χ0n) is 13.8. The van der Waals surface area contributed by atoms with Crippen molar-refractivity contribution in [2.75, 3.05) is 26.4 Å². The summed E-state index contributed by atoms with van der Waals surface area (Å²) in [7, 11) is -2.61. The third kappa shape index (κ3) is 7.21. The summed E-state index contributed by atoms with van der Waals surface area (Å²) in [6.45, 7) is 8.47. The molecule has 0 saturated carbocycles. The number of ether oxygens (including phenoxy) is 1. The molecule has 2 atom stereocenters. The van der Waals surface area contributed by atoms with Crippen molar-refractivity contribution in [3.63, 3.8) is 0 Å². The van der Waals surface area contributed by atoms with Crippen molar-refractivity contribution in [3.8, 4) is 0 Å². The second-order valence-electron chi connectivity index (χ2n) is 5.39. The van der Waals surface area contributed by atoms with Gasteiger partial charge in [-0.1, -0.05) is 0 Å². The molecule has 0 spiro atoms. The van der Waals surface area contributed by atoms with Gasteiger partial charge in [0.2, 0.25) is 0 Å². The first-order valence-electron chi connectivity index (χ1n) is 8.37. The number of rotatable bonds is 12. The summed E-state index contributed by atoms with van der Waals surface area (Å²) in [6, 6.07) is 0.676. The maximum absolute atomic E-state index is 10.2. The molecule has 1 fully saturated rings. The number of hydrogen-bond acceptors (Lipinski definition) is 5. The lowest BCUT2D eigenvalue weighted by atomic mass is 10.1. The molecule has 0 bridgehead atoms. The highest BCUT2D eigenvalue weighted by Crippen LogP contribution is 2.23. The molecule has 1 saturated heterocycles. The molecule has 21 heavy (non-hydrogen) atoms. The van der Waals surface area contributed by atoms with E-state index in [2.05, 4.69) is 0 Å². The van der Waals surface area contributed by atoms with Crippen LogP contribution in [0.5, 0.6) is 0 Å². The van der Waals surface area contributed by atoms with Gasteiger partial charge >= 0.3 is 8.80 Å². The summed E-state index contributed by atoms with van der Waals surface area (Å²) in [5.41, 5.74) is 0. The Morgan fingerprint density at radius 2 is 1.71 bits per heavy atom. The zero-order chi connectivity index (χ0) is 15.6. The standard InChI is InChI=1S/C15H32O5Si/c1-4-18-21(19-5-2,20-6-3)13-11-14(16)9-10-15-8-7-12-17-15/h14-16H,4-13H2,1-3H3. The Hall–Kier alpha value is 0.0169. The second-order valence-corrected chi connectivity index (χ2v) is 8.12. The quantitative estimate of drug-likeness (QED) is 0.560. The van der Waals surface area contributed by atoms with Crippen molar-refractivity contribution < 1.29 is 23.1 Å². The van der Waals surface area contributed by atoms with Gasteiger partial charge in [0.15, 0.2) is 0 Å². The van der Waals surface area contributed by atoms with E-state index >= 15 is 0 Å². The molecule has 0 aromatic rings. The molecule has 0 aromatic carbocycles. The fourth-order valence-electron chi connectivity index (χ4n) is 2.74. The molecule has 0 radical (unpaired) electrons. The third-order valence-electron chi connectivity index (χ3n) is 3.72. The summed E-state index contributed by atoms with van der Waals surface area (Å²) in [5.74, 6) is 0. The molecular formula is C15H32O5Si. The van der Waals surface area contributed by atoms with Gasteiger partial charge < -0.3 is 23.1 Å². The summed E-state index contributed by atoms with van der Waals surface area (Å²) < 4.78 is 23.0. The molecule has 1 N–H and O–H groups in total. The van der Waals surface area contributed by atoms with Crippen molar-refractivity contribution in [3.05, 3.63) is 0 Å². The molecule has 0 amide bonds. The lowest BCUT2D eigenvalue weighted by Crippen LogP contribution is -2.46. The van der Waals surface area contributed by atoms with Gasteiger partial charge in [-0.05, 0) is 52.9 Å². The van der Waals surface area contributed by atoms with E-state index < -0.39 is 8.80 Å². The molecule has 1 aliphatic rings. The molecule has 5 nitrogen and oxygen atoms in total. The van der Waals surface area contributed by atoms with E-state index in [4.69, 9.17) is 18.0 Å². The summed E-state index contributed by atoms with van der Waals surface area (Å²) in [4.78, 5) is 0. The minimum Gasteiger partial charge on any atom is -0.393 e. The van der Waals surface area contributed by atoms with Crippen LogP contribution >= 0.6 is 0 Å². The first-order chi connectivity index (χ1) is 10.2. The molecule has 126 valence electrons. The van der Waals surface area contributed by atoms with Crippen LogP contribution in [0.4, 0.5) is 0 Å². The average molecular weight is 321 g/mol. The normalized spacial score (nSPS) is 20.9. The van der Waals surface area contributed by atoms with E-state index in [1.54, 1.807) is 0 Å². The molecule has 0 aromatic heterocycles. The Balaban J connectivity index is 2.34. The topological polar surface area (TPSA) is 57.2 Å². The maximum atomic E-state index is 10.2. The van der Waals surface area contributed by atoms with E-state index in [1.165, 1.54) is 0 Å². The van der Waals surface area contributed by atoms with Crippen LogP contribution in [-0.4, -0.2) is 52.5 Å². The number of hydrogen-bond donors (Lipinski definition) is 1. The molecule has 1 heterocycles. The summed E-state index contributed by atoms with van der Waals surface area (Å²) >= 11 is 0. The zero-order valence-corrected chi connectivity index (χ0v) is 14.8. The van der Waals surface area contributed by atoms with Gasteiger partial charge in [-0.15, -0.1) is 0 Å². The lowest BCUT2D eigenvalue weighted by molar-refractivity contribution is 0.0594. The van der Waals surface area contributed by atoms with Crippen molar-refractivity contribution in [2.45, 2.75) is 71.1 Å². The Morgan fingerprint density at radius 1 is 1.10 bits per heavy atom. The molecule has 0 aliphatic carbocycles. The van der Waals surface area contributed by atoms with Crippen LogP contribution in [0.3, 0.4) is 0 Å². The van der Waals surface area contributed by atoms with E-state index in [9.17, 15) is 5.11 Å². The molecule has 2 unspecified atom stereocenters. The van der Waals surface area contributed by atoms with Gasteiger partial charge in [0.25, 0.3) is 0 Å². The maximum Gasteiger partial charge on any atom is 0.501 e. The highest BCUT2D eigenvalue weighted by atomic mass is 28.4. The van der Waals surface area contributed by atoms with Crippen molar-refractivity contribution in [2.24, 2.45) is 0 Å². The van der Waals surface area contributed by atoms with E-state index in [0.717, 1.165) is 32.3 Å². The van der Waals surface area contributed by atoms with E-state index in [1.807, 2.05) is 20.8 Å². The van der Waals surface area contributed by atoms with Crippen LogP contribution in [-0.2, 0) is 18.0 Å². The monoisotopic (exact) mass is 320 g/mol. The van der Waals surface area contributed by atoms with Crippen LogP contribution in [0.1, 0.15) is 52.9 Å². The third-order valence-corrected chi connectivity index (χ3v) is 6.81. The van der Waals surface area contributed by atoms with Gasteiger partial charge in [-0.25, -0.2) is 0 Å². The lowest BCUT2D eigenvalue weighted by Gasteiger charge is -2.29.